The molecule has 0 unspecified atom stereocenters. The third-order valence-electron chi connectivity index (χ3n) is 7.67. The summed E-state index contributed by atoms with van der Waals surface area (Å²) in [4.78, 5) is 39.6. The first kappa shape index (κ1) is 32.9. The summed E-state index contributed by atoms with van der Waals surface area (Å²) in [6.45, 7) is 10.6. The van der Waals surface area contributed by atoms with E-state index in [0.717, 1.165) is 0 Å². The second-order valence-electron chi connectivity index (χ2n) is 10.7. The molecule has 1 aliphatic rings. The SMILES string of the molecule is C=CC(=O)N1CCN(c2c(C#N)c(=O)n(-c3c(C)ccnc3C(C)C)c3nc(-c4c(O)c(Cl)c(Cl)c(Cl)c4Cl)c(Cl)cc23)CC1. The van der Waals surface area contributed by atoms with Crippen molar-refractivity contribution in [3.8, 4) is 28.8 Å². The van der Waals surface area contributed by atoms with Gasteiger partial charge in [-0.3, -0.25) is 19.1 Å². The molecule has 1 fully saturated rings. The molecule has 0 saturated carbocycles. The molecule has 1 aromatic carbocycles. The van der Waals surface area contributed by atoms with Crippen LogP contribution in [0.5, 0.6) is 5.75 Å². The van der Waals surface area contributed by atoms with Gasteiger partial charge in [-0.25, -0.2) is 4.98 Å². The van der Waals surface area contributed by atoms with Crippen LogP contribution in [0.4, 0.5) is 5.69 Å². The van der Waals surface area contributed by atoms with Crippen LogP contribution in [-0.2, 0) is 4.79 Å². The fourth-order valence-electron chi connectivity index (χ4n) is 5.48. The van der Waals surface area contributed by atoms with Gasteiger partial charge in [0, 0.05) is 37.8 Å². The number of piperazine rings is 1. The van der Waals surface area contributed by atoms with Gasteiger partial charge in [-0.2, -0.15) is 5.26 Å². The van der Waals surface area contributed by atoms with Crippen LogP contribution < -0.4 is 10.5 Å². The smallest absolute Gasteiger partial charge is 0.276 e. The van der Waals surface area contributed by atoms with E-state index in [1.54, 1.807) is 23.2 Å². The molecule has 232 valence electrons. The Kier molecular flexibility index (Phi) is 9.28. The van der Waals surface area contributed by atoms with E-state index in [0.29, 0.717) is 54.2 Å². The summed E-state index contributed by atoms with van der Waals surface area (Å²) >= 11 is 32.2. The number of rotatable bonds is 5. The van der Waals surface area contributed by atoms with Crippen LogP contribution in [0.15, 0.2) is 35.8 Å². The molecule has 1 saturated heterocycles. The van der Waals surface area contributed by atoms with Crippen molar-refractivity contribution < 1.29 is 9.90 Å². The van der Waals surface area contributed by atoms with Gasteiger partial charge in [0.15, 0.2) is 0 Å². The lowest BCUT2D eigenvalue weighted by atomic mass is 10.0. The number of pyridine rings is 3. The number of fused-ring (bicyclic) bond motifs is 1. The van der Waals surface area contributed by atoms with E-state index in [1.807, 2.05) is 25.7 Å². The van der Waals surface area contributed by atoms with Gasteiger partial charge in [0.2, 0.25) is 5.91 Å². The number of amides is 1. The lowest BCUT2D eigenvalue weighted by Crippen LogP contribution is -2.49. The van der Waals surface area contributed by atoms with E-state index in [4.69, 9.17) is 63.0 Å². The standard InChI is InChI=1S/C31H25Cl5N6O3/c1-5-19(43)40-8-10-41(11-9-40)28-16-12-18(32)26(20-21(33)22(34)23(35)24(36)29(20)44)39-30(16)42(31(45)17(28)13-37)27-15(4)6-7-38-25(27)14(2)3/h5-7,12,14,44H,1,8-11H2,2-4H3. The zero-order valence-corrected chi connectivity index (χ0v) is 28.0. The molecule has 0 aliphatic carbocycles. The number of phenolic OH excluding ortho intramolecular Hbond substituents is 1. The molecule has 1 amide bonds. The van der Waals surface area contributed by atoms with Gasteiger partial charge >= 0.3 is 0 Å². The second-order valence-corrected chi connectivity index (χ2v) is 12.6. The summed E-state index contributed by atoms with van der Waals surface area (Å²) < 4.78 is 1.34. The van der Waals surface area contributed by atoms with Crippen LogP contribution in [0.25, 0.3) is 28.0 Å². The van der Waals surface area contributed by atoms with Crippen molar-refractivity contribution in [3.05, 3.63) is 83.3 Å². The molecule has 0 spiro atoms. The third kappa shape index (κ3) is 5.49. The first-order chi connectivity index (χ1) is 21.3. The number of aryl methyl sites for hydroxylation is 1. The average Bonchev–Trinajstić information content (AvgIpc) is 3.02. The predicted octanol–water partition coefficient (Wildman–Crippen LogP) is 7.56. The zero-order valence-electron chi connectivity index (χ0n) is 24.3. The number of aromatic hydroxyl groups is 1. The Morgan fingerprint density at radius 1 is 1.07 bits per heavy atom. The van der Waals surface area contributed by atoms with E-state index >= 15 is 0 Å². The first-order valence-corrected chi connectivity index (χ1v) is 15.6. The Morgan fingerprint density at radius 2 is 1.71 bits per heavy atom. The van der Waals surface area contributed by atoms with Crippen LogP contribution in [0.3, 0.4) is 0 Å². The normalized spacial score (nSPS) is 13.4. The summed E-state index contributed by atoms with van der Waals surface area (Å²) in [7, 11) is 0. The van der Waals surface area contributed by atoms with Crippen molar-refractivity contribution in [1.82, 2.24) is 19.4 Å². The third-order valence-corrected chi connectivity index (χ3v) is 9.75. The largest absolute Gasteiger partial charge is 0.506 e. The number of hydrogen-bond donors (Lipinski definition) is 1. The summed E-state index contributed by atoms with van der Waals surface area (Å²) in [6.07, 6.45) is 2.90. The van der Waals surface area contributed by atoms with Gasteiger partial charge < -0.3 is 14.9 Å². The molecule has 4 aromatic rings. The molecular weight excluding hydrogens is 682 g/mol. The Bertz CT molecular complexity index is 1980. The number of benzene rings is 1. The van der Waals surface area contributed by atoms with Crippen LogP contribution in [0, 0.1) is 18.3 Å². The van der Waals surface area contributed by atoms with Gasteiger partial charge in [-0.05, 0) is 36.6 Å². The van der Waals surface area contributed by atoms with Gasteiger partial charge in [0.05, 0.1) is 48.4 Å². The predicted molar refractivity (Wildman–Crippen MR) is 180 cm³/mol. The van der Waals surface area contributed by atoms with Crippen molar-refractivity contribution in [3.63, 3.8) is 0 Å². The van der Waals surface area contributed by atoms with Crippen molar-refractivity contribution in [1.29, 1.82) is 5.26 Å². The van der Waals surface area contributed by atoms with Crippen molar-refractivity contribution >= 4 is 80.6 Å². The van der Waals surface area contributed by atoms with E-state index in [-0.39, 0.29) is 59.4 Å². The maximum atomic E-state index is 14.4. The average molecular weight is 707 g/mol. The maximum Gasteiger partial charge on any atom is 0.276 e. The Balaban J connectivity index is 1.93. The fourth-order valence-corrected chi connectivity index (χ4v) is 6.66. The van der Waals surface area contributed by atoms with E-state index in [1.165, 1.54) is 10.6 Å². The van der Waals surface area contributed by atoms with Gasteiger partial charge in [-0.15, -0.1) is 0 Å². The summed E-state index contributed by atoms with van der Waals surface area (Å²) in [6, 6.07) is 5.42. The fraction of sp³-hybridized carbons (Fsp3) is 0.258. The Morgan fingerprint density at radius 3 is 2.31 bits per heavy atom. The summed E-state index contributed by atoms with van der Waals surface area (Å²) in [5, 5.41) is 21.2. The summed E-state index contributed by atoms with van der Waals surface area (Å²) in [5.41, 5.74) is 1.32. The van der Waals surface area contributed by atoms with E-state index in [9.17, 15) is 20.0 Å². The monoisotopic (exact) mass is 704 g/mol. The van der Waals surface area contributed by atoms with Crippen LogP contribution >= 0.6 is 58.0 Å². The molecule has 1 aliphatic heterocycles. The molecule has 1 N–H and O–H groups in total. The zero-order chi connectivity index (χ0) is 32.9. The quantitative estimate of drug-likeness (QED) is 0.129. The number of halogens is 5. The Hall–Kier alpha value is -3.52. The minimum Gasteiger partial charge on any atom is -0.506 e. The molecule has 9 nitrogen and oxygen atoms in total. The molecule has 45 heavy (non-hydrogen) atoms. The van der Waals surface area contributed by atoms with Crippen LogP contribution in [-0.4, -0.2) is 56.6 Å². The molecular formula is C31H25Cl5N6O3. The summed E-state index contributed by atoms with van der Waals surface area (Å²) in [5.74, 6) is -0.826. The number of nitriles is 1. The molecule has 0 radical (unpaired) electrons. The highest BCUT2D eigenvalue weighted by Gasteiger charge is 2.31. The number of aromatic nitrogens is 3. The lowest BCUT2D eigenvalue weighted by Gasteiger charge is -2.36. The minimum absolute atomic E-state index is 0.0232. The number of hydrogen-bond acceptors (Lipinski definition) is 7. The molecule has 14 heteroatoms. The minimum atomic E-state index is -0.633. The second kappa shape index (κ2) is 12.7. The first-order valence-electron chi connectivity index (χ1n) is 13.7. The molecule has 0 atom stereocenters. The number of nitrogens with zero attached hydrogens (tertiary/aromatic N) is 6. The number of carbonyl (C=O) groups is 1. The number of phenols is 1. The van der Waals surface area contributed by atoms with Crippen LogP contribution in [0.1, 0.15) is 36.6 Å². The topological polar surface area (TPSA) is 115 Å². The van der Waals surface area contributed by atoms with E-state index in [2.05, 4.69) is 17.6 Å². The molecule has 5 rings (SSSR count). The van der Waals surface area contributed by atoms with Crippen molar-refractivity contribution in [2.24, 2.45) is 0 Å². The molecule has 0 bridgehead atoms. The van der Waals surface area contributed by atoms with Crippen LogP contribution in [0.2, 0.25) is 25.1 Å². The van der Waals surface area contributed by atoms with E-state index < -0.39 is 11.3 Å². The molecule has 4 heterocycles. The number of carbonyl (C=O) groups excluding carboxylic acids is 1. The highest BCUT2D eigenvalue weighted by atomic mass is 35.5. The Labute approximate surface area is 283 Å². The van der Waals surface area contributed by atoms with Crippen molar-refractivity contribution in [2.45, 2.75) is 26.7 Å². The highest BCUT2D eigenvalue weighted by molar-refractivity contribution is 6.53. The number of anilines is 1. The van der Waals surface area contributed by atoms with Gasteiger partial charge in [0.1, 0.15) is 28.1 Å². The van der Waals surface area contributed by atoms with Crippen molar-refractivity contribution in [2.75, 3.05) is 31.1 Å². The van der Waals surface area contributed by atoms with Gasteiger partial charge in [0.25, 0.3) is 5.56 Å². The molecule has 3 aromatic heterocycles. The highest BCUT2D eigenvalue weighted by Crippen LogP contribution is 2.51. The maximum absolute atomic E-state index is 14.4. The lowest BCUT2D eigenvalue weighted by molar-refractivity contribution is -0.126. The van der Waals surface area contributed by atoms with Gasteiger partial charge in [-0.1, -0.05) is 78.4 Å².